The summed E-state index contributed by atoms with van der Waals surface area (Å²) in [5.41, 5.74) is 6.78. The maximum atomic E-state index is 5.62. The van der Waals surface area contributed by atoms with Gasteiger partial charge in [-0.2, -0.15) is 0 Å². The van der Waals surface area contributed by atoms with E-state index in [-0.39, 0.29) is 0 Å². The number of nitrogens with zero attached hydrogens (tertiary/aromatic N) is 5. The van der Waals surface area contributed by atoms with Crippen LogP contribution in [-0.2, 0) is 0 Å². The lowest BCUT2D eigenvalue weighted by atomic mass is 9.93. The maximum absolute atomic E-state index is 5.62. The highest BCUT2D eigenvalue weighted by molar-refractivity contribution is 7.18. The molecule has 6 nitrogen and oxygen atoms in total. The van der Waals surface area contributed by atoms with E-state index in [0.717, 1.165) is 42.6 Å². The second-order valence-corrected chi connectivity index (χ2v) is 5.70. The van der Waals surface area contributed by atoms with Crippen molar-refractivity contribution in [2.75, 3.05) is 23.7 Å². The first-order valence-electron chi connectivity index (χ1n) is 6.36. The van der Waals surface area contributed by atoms with Crippen molar-refractivity contribution in [3.05, 3.63) is 23.8 Å². The monoisotopic (exact) mass is 276 g/mol. The molecule has 19 heavy (non-hydrogen) atoms. The van der Waals surface area contributed by atoms with Crippen LogP contribution in [0.5, 0.6) is 0 Å². The summed E-state index contributed by atoms with van der Waals surface area (Å²) in [5.74, 6) is 1.36. The summed E-state index contributed by atoms with van der Waals surface area (Å²) in [4.78, 5) is 10.9. The normalized spacial score (nSPS) is 16.8. The zero-order chi connectivity index (χ0) is 13.2. The molecule has 3 rings (SSSR count). The van der Waals surface area contributed by atoms with E-state index in [1.165, 1.54) is 11.3 Å². The van der Waals surface area contributed by atoms with Crippen LogP contribution in [0.2, 0.25) is 0 Å². The lowest BCUT2D eigenvalue weighted by Crippen LogP contribution is -2.33. The highest BCUT2D eigenvalue weighted by Crippen LogP contribution is 2.31. The number of hydrogen-bond donors (Lipinski definition) is 1. The Bertz CT molecular complexity index is 561. The van der Waals surface area contributed by atoms with Crippen molar-refractivity contribution in [2.24, 2.45) is 0 Å². The van der Waals surface area contributed by atoms with Crippen molar-refractivity contribution < 1.29 is 0 Å². The van der Waals surface area contributed by atoms with Gasteiger partial charge in [0.25, 0.3) is 0 Å². The molecule has 0 spiro atoms. The van der Waals surface area contributed by atoms with Gasteiger partial charge in [0.1, 0.15) is 5.82 Å². The van der Waals surface area contributed by atoms with Gasteiger partial charge in [0.05, 0.1) is 0 Å². The average Bonchev–Trinajstić information content (AvgIpc) is 2.86. The van der Waals surface area contributed by atoms with Crippen molar-refractivity contribution in [1.29, 1.82) is 0 Å². The van der Waals surface area contributed by atoms with E-state index in [0.29, 0.717) is 11.0 Å². The van der Waals surface area contributed by atoms with Gasteiger partial charge in [0.2, 0.25) is 10.3 Å². The Hall–Kier alpha value is -1.76. The molecule has 0 radical (unpaired) electrons. The Kier molecular flexibility index (Phi) is 3.29. The fourth-order valence-electron chi connectivity index (χ4n) is 2.42. The smallest absolute Gasteiger partial charge is 0.209 e. The highest BCUT2D eigenvalue weighted by Gasteiger charge is 2.23. The van der Waals surface area contributed by atoms with Crippen LogP contribution in [0.15, 0.2) is 12.3 Å². The maximum Gasteiger partial charge on any atom is 0.209 e. The molecule has 1 saturated heterocycles. The molecule has 0 bridgehead atoms. The third kappa shape index (κ3) is 2.65. The quantitative estimate of drug-likeness (QED) is 0.897. The zero-order valence-corrected chi connectivity index (χ0v) is 11.6. The van der Waals surface area contributed by atoms with Crippen molar-refractivity contribution in [3.63, 3.8) is 0 Å². The molecule has 0 atom stereocenters. The minimum atomic E-state index is 0.517. The van der Waals surface area contributed by atoms with Crippen LogP contribution in [0, 0.1) is 6.92 Å². The Morgan fingerprint density at radius 2 is 2.11 bits per heavy atom. The van der Waals surface area contributed by atoms with E-state index in [4.69, 9.17) is 5.73 Å². The van der Waals surface area contributed by atoms with Crippen LogP contribution in [0.4, 0.5) is 10.3 Å². The molecule has 1 fully saturated rings. The number of hydrogen-bond acceptors (Lipinski definition) is 7. The SMILES string of the molecule is Cc1nccc(C2CCN(c3nnc(N)s3)CC2)n1. The molecule has 0 saturated carbocycles. The predicted octanol–water partition coefficient (Wildman–Crippen LogP) is 1.60. The number of anilines is 2. The fraction of sp³-hybridized carbons (Fsp3) is 0.500. The molecule has 2 aromatic heterocycles. The molecule has 2 N–H and O–H groups in total. The number of nitrogens with two attached hydrogens (primary N) is 1. The van der Waals surface area contributed by atoms with E-state index >= 15 is 0 Å². The molecular formula is C12H16N6S. The van der Waals surface area contributed by atoms with E-state index < -0.39 is 0 Å². The summed E-state index contributed by atoms with van der Waals surface area (Å²) >= 11 is 1.45. The molecule has 0 unspecified atom stereocenters. The van der Waals surface area contributed by atoms with E-state index in [1.807, 2.05) is 19.2 Å². The van der Waals surface area contributed by atoms with Gasteiger partial charge in [-0.25, -0.2) is 9.97 Å². The second-order valence-electron chi connectivity index (χ2n) is 4.71. The molecule has 0 aliphatic carbocycles. The molecule has 2 aromatic rings. The Morgan fingerprint density at radius 3 is 2.74 bits per heavy atom. The van der Waals surface area contributed by atoms with Gasteiger partial charge < -0.3 is 10.6 Å². The van der Waals surface area contributed by atoms with Gasteiger partial charge in [-0.3, -0.25) is 0 Å². The van der Waals surface area contributed by atoms with E-state index in [2.05, 4.69) is 25.1 Å². The highest BCUT2D eigenvalue weighted by atomic mass is 32.1. The summed E-state index contributed by atoms with van der Waals surface area (Å²) in [6.45, 7) is 3.88. The summed E-state index contributed by atoms with van der Waals surface area (Å²) < 4.78 is 0. The number of aryl methyl sites for hydroxylation is 1. The molecule has 1 aliphatic rings. The standard InChI is InChI=1S/C12H16N6S/c1-8-14-5-2-10(15-8)9-3-6-18(7-4-9)12-17-16-11(13)19-12/h2,5,9H,3-4,6-7H2,1H3,(H2,13,16). The Labute approximate surface area is 115 Å². The fourth-order valence-corrected chi connectivity index (χ4v) is 3.08. The lowest BCUT2D eigenvalue weighted by molar-refractivity contribution is 0.493. The Balaban J connectivity index is 1.66. The van der Waals surface area contributed by atoms with Crippen LogP contribution in [-0.4, -0.2) is 33.3 Å². The van der Waals surface area contributed by atoms with Gasteiger partial charge in [-0.1, -0.05) is 11.3 Å². The van der Waals surface area contributed by atoms with Gasteiger partial charge in [-0.15, -0.1) is 10.2 Å². The van der Waals surface area contributed by atoms with Crippen LogP contribution >= 0.6 is 11.3 Å². The van der Waals surface area contributed by atoms with E-state index in [1.54, 1.807) is 0 Å². The van der Waals surface area contributed by atoms with Gasteiger partial charge in [0, 0.05) is 30.9 Å². The molecule has 3 heterocycles. The van der Waals surface area contributed by atoms with E-state index in [9.17, 15) is 0 Å². The van der Waals surface area contributed by atoms with Gasteiger partial charge in [0.15, 0.2) is 0 Å². The minimum absolute atomic E-state index is 0.517. The number of rotatable bonds is 2. The molecular weight excluding hydrogens is 260 g/mol. The van der Waals surface area contributed by atoms with Crippen molar-refractivity contribution in [3.8, 4) is 0 Å². The van der Waals surface area contributed by atoms with Crippen molar-refractivity contribution in [2.45, 2.75) is 25.7 Å². The summed E-state index contributed by atoms with van der Waals surface area (Å²) in [6.07, 6.45) is 4.00. The molecule has 0 aromatic carbocycles. The molecule has 7 heteroatoms. The van der Waals surface area contributed by atoms with Crippen LogP contribution in [0.1, 0.15) is 30.3 Å². The third-order valence-electron chi connectivity index (χ3n) is 3.41. The first-order chi connectivity index (χ1) is 9.22. The number of aromatic nitrogens is 4. The van der Waals surface area contributed by atoms with Crippen LogP contribution in [0.25, 0.3) is 0 Å². The predicted molar refractivity (Wildman–Crippen MR) is 75.3 cm³/mol. The average molecular weight is 276 g/mol. The van der Waals surface area contributed by atoms with Crippen LogP contribution in [0.3, 0.4) is 0 Å². The summed E-state index contributed by atoms with van der Waals surface area (Å²) in [7, 11) is 0. The zero-order valence-electron chi connectivity index (χ0n) is 10.8. The lowest BCUT2D eigenvalue weighted by Gasteiger charge is -2.31. The summed E-state index contributed by atoms with van der Waals surface area (Å²) in [5, 5.41) is 9.42. The first-order valence-corrected chi connectivity index (χ1v) is 7.17. The van der Waals surface area contributed by atoms with Crippen molar-refractivity contribution in [1.82, 2.24) is 20.2 Å². The largest absolute Gasteiger partial charge is 0.374 e. The molecule has 0 amide bonds. The number of piperidine rings is 1. The van der Waals surface area contributed by atoms with Gasteiger partial charge >= 0.3 is 0 Å². The molecule has 100 valence electrons. The Morgan fingerprint density at radius 1 is 1.32 bits per heavy atom. The minimum Gasteiger partial charge on any atom is -0.374 e. The summed E-state index contributed by atoms with van der Waals surface area (Å²) in [6, 6.07) is 2.02. The van der Waals surface area contributed by atoms with Crippen LogP contribution < -0.4 is 10.6 Å². The number of nitrogen functional groups attached to an aromatic ring is 1. The second kappa shape index (κ2) is 5.08. The third-order valence-corrected chi connectivity index (χ3v) is 4.22. The van der Waals surface area contributed by atoms with Crippen molar-refractivity contribution >= 4 is 21.6 Å². The van der Waals surface area contributed by atoms with Gasteiger partial charge in [-0.05, 0) is 25.8 Å². The topological polar surface area (TPSA) is 80.8 Å². The molecule has 1 aliphatic heterocycles. The first kappa shape index (κ1) is 12.3.